The summed E-state index contributed by atoms with van der Waals surface area (Å²) in [6, 6.07) is 7.87. The predicted octanol–water partition coefficient (Wildman–Crippen LogP) is 4.30. The smallest absolute Gasteiger partial charge is 0.0722 e. The quantitative estimate of drug-likeness (QED) is 0.749. The molecule has 0 saturated heterocycles. The highest BCUT2D eigenvalue weighted by molar-refractivity contribution is 9.09. The number of aromatic nitrogens is 1. The van der Waals surface area contributed by atoms with Crippen molar-refractivity contribution in [3.05, 3.63) is 47.1 Å². The lowest BCUT2D eigenvalue weighted by Gasteiger charge is -2.00. The minimum atomic E-state index is 0.746. The molecule has 0 unspecified atom stereocenters. The van der Waals surface area contributed by atoms with Crippen LogP contribution in [0.5, 0.6) is 0 Å². The number of alkyl halides is 1. The first kappa shape index (κ1) is 10.7. The van der Waals surface area contributed by atoms with E-state index in [1.807, 2.05) is 24.3 Å². The summed E-state index contributed by atoms with van der Waals surface area (Å²) < 4.78 is 0. The van der Waals surface area contributed by atoms with Crippen molar-refractivity contribution in [1.29, 1.82) is 0 Å². The van der Waals surface area contributed by atoms with Crippen molar-refractivity contribution in [1.82, 2.24) is 4.98 Å². The molecule has 1 aromatic carbocycles. The zero-order valence-corrected chi connectivity index (χ0v) is 10.3. The average molecular weight is 283 g/mol. The van der Waals surface area contributed by atoms with Crippen LogP contribution in [0.4, 0.5) is 0 Å². The van der Waals surface area contributed by atoms with Gasteiger partial charge in [-0.2, -0.15) is 0 Å². The Hall–Kier alpha value is -0.860. The second-order valence-electron chi connectivity index (χ2n) is 3.13. The highest BCUT2D eigenvalue weighted by atomic mass is 79.9. The van der Waals surface area contributed by atoms with Crippen LogP contribution in [-0.4, -0.2) is 10.3 Å². The Morgan fingerprint density at radius 1 is 1.33 bits per heavy atom. The van der Waals surface area contributed by atoms with E-state index in [2.05, 4.69) is 27.0 Å². The molecule has 0 amide bonds. The van der Waals surface area contributed by atoms with Crippen molar-refractivity contribution >= 4 is 44.5 Å². The van der Waals surface area contributed by atoms with E-state index in [0.717, 1.165) is 26.8 Å². The number of hydrogen-bond donors (Lipinski definition) is 0. The summed E-state index contributed by atoms with van der Waals surface area (Å²) in [6.07, 6.45) is 5.82. The van der Waals surface area contributed by atoms with E-state index in [-0.39, 0.29) is 0 Å². The molecule has 0 aliphatic carbocycles. The maximum Gasteiger partial charge on any atom is 0.0722 e. The number of allylic oxidation sites excluding steroid dienone is 1. The number of hydrogen-bond acceptors (Lipinski definition) is 1. The molecule has 0 aliphatic rings. The number of nitrogens with zero attached hydrogens (tertiary/aromatic N) is 1. The molecule has 1 nitrogen and oxygen atoms in total. The fraction of sp³-hybridized carbons (Fsp3) is 0.0833. The lowest BCUT2D eigenvalue weighted by atomic mass is 10.1. The van der Waals surface area contributed by atoms with E-state index in [1.54, 1.807) is 12.3 Å². The molecule has 0 atom stereocenters. The summed E-state index contributed by atoms with van der Waals surface area (Å²) in [5.41, 5.74) is 2.07. The van der Waals surface area contributed by atoms with Gasteiger partial charge in [0.1, 0.15) is 0 Å². The highest BCUT2D eigenvalue weighted by Gasteiger charge is 1.99. The van der Waals surface area contributed by atoms with Crippen molar-refractivity contribution < 1.29 is 0 Å². The maximum atomic E-state index is 6.05. The van der Waals surface area contributed by atoms with E-state index < -0.39 is 0 Å². The molecule has 0 radical (unpaired) electrons. The molecular weight excluding hydrogens is 273 g/mol. The number of halogens is 2. The summed E-state index contributed by atoms with van der Waals surface area (Å²) in [5.74, 6) is 0. The first-order valence-electron chi connectivity index (χ1n) is 4.58. The Bertz CT molecular complexity index is 508. The molecule has 76 valence electrons. The third-order valence-electron chi connectivity index (χ3n) is 2.11. The molecule has 3 heteroatoms. The fourth-order valence-corrected chi connectivity index (χ4v) is 1.82. The van der Waals surface area contributed by atoms with Crippen LogP contribution in [0.3, 0.4) is 0 Å². The van der Waals surface area contributed by atoms with Crippen LogP contribution in [0.15, 0.2) is 36.5 Å². The number of fused-ring (bicyclic) bond motifs is 1. The largest absolute Gasteiger partial charge is 0.256 e. The van der Waals surface area contributed by atoms with Gasteiger partial charge in [0.2, 0.25) is 0 Å². The minimum Gasteiger partial charge on any atom is -0.256 e. The van der Waals surface area contributed by atoms with Crippen LogP contribution in [0, 0.1) is 0 Å². The molecule has 0 bridgehead atoms. The third-order valence-corrected chi connectivity index (χ3v) is 2.82. The van der Waals surface area contributed by atoms with Crippen molar-refractivity contribution in [3.63, 3.8) is 0 Å². The summed E-state index contributed by atoms with van der Waals surface area (Å²) in [5, 5.41) is 2.60. The Balaban J connectivity index is 2.52. The normalized spacial score (nSPS) is 11.3. The van der Waals surface area contributed by atoms with E-state index in [4.69, 9.17) is 11.6 Å². The van der Waals surface area contributed by atoms with Crippen LogP contribution in [0.1, 0.15) is 5.56 Å². The highest BCUT2D eigenvalue weighted by Crippen LogP contribution is 2.22. The van der Waals surface area contributed by atoms with Gasteiger partial charge in [0.05, 0.1) is 10.5 Å². The standard InChI is InChI=1S/C12H9BrClN/c13-6-1-2-9-3-4-10-11(14)5-7-15-12(10)8-9/h1-5,7-8H,6H2. The molecule has 0 spiro atoms. The van der Waals surface area contributed by atoms with E-state index >= 15 is 0 Å². The van der Waals surface area contributed by atoms with Gasteiger partial charge in [-0.3, -0.25) is 4.98 Å². The summed E-state index contributed by atoms with van der Waals surface area (Å²) >= 11 is 9.39. The van der Waals surface area contributed by atoms with Crippen molar-refractivity contribution in [2.45, 2.75) is 0 Å². The van der Waals surface area contributed by atoms with Gasteiger partial charge < -0.3 is 0 Å². The maximum absolute atomic E-state index is 6.05. The van der Waals surface area contributed by atoms with Crippen molar-refractivity contribution in [2.75, 3.05) is 5.33 Å². The fourth-order valence-electron chi connectivity index (χ4n) is 1.41. The molecule has 0 saturated carbocycles. The lowest BCUT2D eigenvalue weighted by molar-refractivity contribution is 1.41. The van der Waals surface area contributed by atoms with Gasteiger partial charge in [-0.25, -0.2) is 0 Å². The van der Waals surface area contributed by atoms with Gasteiger partial charge in [0.25, 0.3) is 0 Å². The zero-order chi connectivity index (χ0) is 10.7. The van der Waals surface area contributed by atoms with Crippen molar-refractivity contribution in [3.8, 4) is 0 Å². The van der Waals surface area contributed by atoms with Gasteiger partial charge in [0, 0.05) is 16.9 Å². The SMILES string of the molecule is Clc1ccnc2cc(C=CCBr)ccc12. The summed E-state index contributed by atoms with van der Waals surface area (Å²) in [7, 11) is 0. The van der Waals surface area contributed by atoms with Gasteiger partial charge >= 0.3 is 0 Å². The Morgan fingerprint density at radius 2 is 2.20 bits per heavy atom. The van der Waals surface area contributed by atoms with E-state index in [1.165, 1.54) is 0 Å². The predicted molar refractivity (Wildman–Crippen MR) is 69.6 cm³/mol. The van der Waals surface area contributed by atoms with Crippen molar-refractivity contribution in [2.24, 2.45) is 0 Å². The van der Waals surface area contributed by atoms with Crippen LogP contribution < -0.4 is 0 Å². The molecule has 1 heterocycles. The number of benzene rings is 1. The van der Waals surface area contributed by atoms with Crippen LogP contribution in [0.25, 0.3) is 17.0 Å². The molecular formula is C12H9BrClN. The topological polar surface area (TPSA) is 12.9 Å². The Morgan fingerprint density at radius 3 is 3.00 bits per heavy atom. The van der Waals surface area contributed by atoms with Crippen LogP contribution in [0.2, 0.25) is 5.02 Å². The van der Waals surface area contributed by atoms with Gasteiger partial charge in [-0.15, -0.1) is 0 Å². The number of pyridine rings is 1. The first-order chi connectivity index (χ1) is 7.31. The molecule has 2 rings (SSSR count). The van der Waals surface area contributed by atoms with Crippen LogP contribution >= 0.6 is 27.5 Å². The lowest BCUT2D eigenvalue weighted by Crippen LogP contribution is -1.80. The van der Waals surface area contributed by atoms with E-state index in [9.17, 15) is 0 Å². The zero-order valence-electron chi connectivity index (χ0n) is 7.95. The molecule has 0 N–H and O–H groups in total. The summed E-state index contributed by atoms with van der Waals surface area (Å²) in [6.45, 7) is 0. The van der Waals surface area contributed by atoms with E-state index in [0.29, 0.717) is 0 Å². The molecule has 0 aliphatic heterocycles. The second-order valence-corrected chi connectivity index (χ2v) is 4.18. The number of rotatable bonds is 2. The molecule has 15 heavy (non-hydrogen) atoms. The van der Waals surface area contributed by atoms with Gasteiger partial charge in [-0.05, 0) is 17.7 Å². The Labute approximate surface area is 102 Å². The first-order valence-corrected chi connectivity index (χ1v) is 6.08. The summed E-state index contributed by atoms with van der Waals surface area (Å²) in [4.78, 5) is 4.28. The molecule has 2 aromatic rings. The van der Waals surface area contributed by atoms with Crippen LogP contribution in [-0.2, 0) is 0 Å². The third kappa shape index (κ3) is 2.39. The minimum absolute atomic E-state index is 0.746. The average Bonchev–Trinajstić information content (AvgIpc) is 2.26. The monoisotopic (exact) mass is 281 g/mol. The van der Waals surface area contributed by atoms with Gasteiger partial charge in [0.15, 0.2) is 0 Å². The van der Waals surface area contributed by atoms with Gasteiger partial charge in [-0.1, -0.05) is 51.8 Å². The Kier molecular flexibility index (Phi) is 3.39. The second kappa shape index (κ2) is 4.77. The molecule has 0 fully saturated rings. The molecule has 1 aromatic heterocycles.